The third-order valence-electron chi connectivity index (χ3n) is 2.46. The molecule has 21 heavy (non-hydrogen) atoms. The van der Waals surface area contributed by atoms with Crippen LogP contribution in [0.1, 0.15) is 21.0 Å². The van der Waals surface area contributed by atoms with Crippen molar-refractivity contribution in [2.75, 3.05) is 5.32 Å². The van der Waals surface area contributed by atoms with E-state index in [1.807, 2.05) is 0 Å². The minimum atomic E-state index is -1.42. The lowest BCUT2D eigenvalue weighted by Crippen LogP contribution is -2.19. The third-order valence-corrected chi connectivity index (χ3v) is 2.46. The number of anilines is 1. The van der Waals surface area contributed by atoms with Gasteiger partial charge in [0.05, 0.1) is 4.92 Å². The molecule has 2 N–H and O–H groups in total. The summed E-state index contributed by atoms with van der Waals surface area (Å²) in [6, 6.07) is 5.48. The van der Waals surface area contributed by atoms with Crippen molar-refractivity contribution in [3.63, 3.8) is 0 Å². The van der Waals surface area contributed by atoms with Gasteiger partial charge in [-0.25, -0.2) is 14.8 Å². The van der Waals surface area contributed by atoms with E-state index in [0.717, 1.165) is 12.4 Å². The van der Waals surface area contributed by atoms with Gasteiger partial charge in [-0.3, -0.25) is 14.9 Å². The highest BCUT2D eigenvalue weighted by atomic mass is 16.6. The number of nitrogens with one attached hydrogen (secondary N) is 1. The van der Waals surface area contributed by atoms with Gasteiger partial charge in [0.25, 0.3) is 11.6 Å². The highest BCUT2D eigenvalue weighted by Gasteiger charge is 2.22. The molecule has 106 valence electrons. The zero-order valence-electron chi connectivity index (χ0n) is 10.4. The summed E-state index contributed by atoms with van der Waals surface area (Å²) in [4.78, 5) is 40.3. The number of carbonyl (C=O) groups excluding carboxylic acids is 1. The predicted octanol–water partition coefficient (Wildman–Crippen LogP) is 1.34. The SMILES string of the molecule is O=C(O)c1nccnc1C(=O)Nc1ccccc1[N+](=O)[O-]. The molecule has 1 heterocycles. The Bertz CT molecular complexity index is 731. The Balaban J connectivity index is 2.36. The first-order valence-corrected chi connectivity index (χ1v) is 5.59. The van der Waals surface area contributed by atoms with Crippen LogP contribution in [0.2, 0.25) is 0 Å². The molecule has 0 aliphatic carbocycles. The number of hydrogen-bond acceptors (Lipinski definition) is 6. The maximum atomic E-state index is 12.0. The summed E-state index contributed by atoms with van der Waals surface area (Å²) in [6.07, 6.45) is 2.28. The largest absolute Gasteiger partial charge is 0.476 e. The molecular weight excluding hydrogens is 280 g/mol. The number of carboxylic acid groups (broad SMARTS) is 1. The Kier molecular flexibility index (Phi) is 3.84. The predicted molar refractivity (Wildman–Crippen MR) is 70.0 cm³/mol. The molecule has 0 aliphatic rings. The molecule has 0 spiro atoms. The highest BCUT2D eigenvalue weighted by molar-refractivity contribution is 6.09. The number of amides is 1. The molecule has 0 unspecified atom stereocenters. The van der Waals surface area contributed by atoms with Crippen LogP contribution >= 0.6 is 0 Å². The van der Waals surface area contributed by atoms with Gasteiger partial charge in [0.2, 0.25) is 0 Å². The quantitative estimate of drug-likeness (QED) is 0.639. The van der Waals surface area contributed by atoms with E-state index in [4.69, 9.17) is 5.11 Å². The summed E-state index contributed by atoms with van der Waals surface area (Å²) in [5, 5.41) is 22.0. The Morgan fingerprint density at radius 1 is 1.14 bits per heavy atom. The molecule has 2 aromatic rings. The fraction of sp³-hybridized carbons (Fsp3) is 0. The molecule has 2 rings (SSSR count). The van der Waals surface area contributed by atoms with E-state index in [2.05, 4.69) is 15.3 Å². The monoisotopic (exact) mass is 288 g/mol. The van der Waals surface area contributed by atoms with E-state index in [0.29, 0.717) is 0 Å². The second kappa shape index (κ2) is 5.74. The number of nitro groups is 1. The summed E-state index contributed by atoms with van der Waals surface area (Å²) in [5.41, 5.74) is -1.34. The maximum Gasteiger partial charge on any atom is 0.356 e. The Hall–Kier alpha value is -3.36. The molecule has 0 bridgehead atoms. The smallest absolute Gasteiger partial charge is 0.356 e. The normalized spacial score (nSPS) is 9.90. The number of benzene rings is 1. The van der Waals surface area contributed by atoms with Gasteiger partial charge >= 0.3 is 5.97 Å². The first-order chi connectivity index (χ1) is 10.0. The van der Waals surface area contributed by atoms with Crippen molar-refractivity contribution in [2.24, 2.45) is 0 Å². The van der Waals surface area contributed by atoms with Crippen LogP contribution in [0.15, 0.2) is 36.7 Å². The standard InChI is InChI=1S/C12H8N4O5/c17-11(9-10(12(18)19)14-6-5-13-9)15-7-3-1-2-4-8(7)16(20)21/h1-6H,(H,15,17)(H,18,19). The highest BCUT2D eigenvalue weighted by Crippen LogP contribution is 2.23. The lowest BCUT2D eigenvalue weighted by Gasteiger charge is -2.06. The zero-order valence-corrected chi connectivity index (χ0v) is 10.4. The lowest BCUT2D eigenvalue weighted by molar-refractivity contribution is -0.383. The van der Waals surface area contributed by atoms with Crippen LogP contribution in [0.4, 0.5) is 11.4 Å². The van der Waals surface area contributed by atoms with Crippen molar-refractivity contribution < 1.29 is 19.6 Å². The van der Waals surface area contributed by atoms with Gasteiger partial charge < -0.3 is 10.4 Å². The number of aromatic carboxylic acids is 1. The average molecular weight is 288 g/mol. The van der Waals surface area contributed by atoms with Crippen molar-refractivity contribution in [3.8, 4) is 0 Å². The van der Waals surface area contributed by atoms with Crippen LogP contribution in [0.3, 0.4) is 0 Å². The van der Waals surface area contributed by atoms with E-state index in [9.17, 15) is 19.7 Å². The Labute approximate surface area is 117 Å². The van der Waals surface area contributed by atoms with Crippen LogP contribution in [0, 0.1) is 10.1 Å². The van der Waals surface area contributed by atoms with Gasteiger partial charge in [0, 0.05) is 18.5 Å². The molecule has 0 fully saturated rings. The molecule has 0 saturated heterocycles. The van der Waals surface area contributed by atoms with Crippen LogP contribution in [0.5, 0.6) is 0 Å². The van der Waals surface area contributed by atoms with Gasteiger partial charge in [-0.15, -0.1) is 0 Å². The van der Waals surface area contributed by atoms with E-state index in [-0.39, 0.29) is 11.4 Å². The molecule has 0 aliphatic heterocycles. The maximum absolute atomic E-state index is 12.0. The summed E-state index contributed by atoms with van der Waals surface area (Å²) in [5.74, 6) is -2.31. The van der Waals surface area contributed by atoms with Gasteiger partial charge in [-0.05, 0) is 6.07 Å². The van der Waals surface area contributed by atoms with Crippen molar-refractivity contribution in [1.82, 2.24) is 9.97 Å². The van der Waals surface area contributed by atoms with E-state index in [1.165, 1.54) is 24.3 Å². The topological polar surface area (TPSA) is 135 Å². The summed E-state index contributed by atoms with van der Waals surface area (Å²) in [7, 11) is 0. The number of nitrogens with zero attached hydrogens (tertiary/aromatic N) is 3. The molecule has 1 amide bonds. The molecular formula is C12H8N4O5. The second-order valence-corrected chi connectivity index (χ2v) is 3.79. The van der Waals surface area contributed by atoms with Crippen LogP contribution in [0.25, 0.3) is 0 Å². The Morgan fingerprint density at radius 2 is 1.76 bits per heavy atom. The van der Waals surface area contributed by atoms with Crippen molar-refractivity contribution in [1.29, 1.82) is 0 Å². The number of para-hydroxylation sites is 2. The fourth-order valence-corrected chi connectivity index (χ4v) is 1.58. The number of nitro benzene ring substituents is 1. The van der Waals surface area contributed by atoms with Crippen molar-refractivity contribution in [3.05, 3.63) is 58.2 Å². The van der Waals surface area contributed by atoms with Gasteiger partial charge in [-0.1, -0.05) is 12.1 Å². The van der Waals surface area contributed by atoms with Crippen molar-refractivity contribution in [2.45, 2.75) is 0 Å². The summed E-state index contributed by atoms with van der Waals surface area (Å²) >= 11 is 0. The number of carboxylic acids is 1. The molecule has 0 atom stereocenters. The molecule has 9 nitrogen and oxygen atoms in total. The molecule has 1 aromatic heterocycles. The number of hydrogen-bond donors (Lipinski definition) is 2. The van der Waals surface area contributed by atoms with Crippen LogP contribution < -0.4 is 5.32 Å². The number of carbonyl (C=O) groups is 2. The lowest BCUT2D eigenvalue weighted by atomic mass is 10.2. The van der Waals surface area contributed by atoms with Crippen LogP contribution in [-0.4, -0.2) is 31.9 Å². The van der Waals surface area contributed by atoms with Gasteiger partial charge in [0.1, 0.15) is 5.69 Å². The number of aromatic nitrogens is 2. The minimum Gasteiger partial charge on any atom is -0.476 e. The Morgan fingerprint density at radius 3 is 2.38 bits per heavy atom. The average Bonchev–Trinajstić information content (AvgIpc) is 2.47. The second-order valence-electron chi connectivity index (χ2n) is 3.79. The third kappa shape index (κ3) is 2.97. The van der Waals surface area contributed by atoms with Gasteiger partial charge in [0.15, 0.2) is 11.4 Å². The first kappa shape index (κ1) is 14.1. The molecule has 9 heteroatoms. The molecule has 0 saturated carbocycles. The van der Waals surface area contributed by atoms with Crippen LogP contribution in [-0.2, 0) is 0 Å². The molecule has 0 radical (unpaired) electrons. The van der Waals surface area contributed by atoms with E-state index >= 15 is 0 Å². The van der Waals surface area contributed by atoms with Gasteiger partial charge in [-0.2, -0.15) is 0 Å². The minimum absolute atomic E-state index is 0.0607. The number of rotatable bonds is 4. The fourth-order valence-electron chi connectivity index (χ4n) is 1.58. The van der Waals surface area contributed by atoms with E-state index < -0.39 is 28.2 Å². The van der Waals surface area contributed by atoms with Crippen molar-refractivity contribution >= 4 is 23.3 Å². The summed E-state index contributed by atoms with van der Waals surface area (Å²) < 4.78 is 0. The zero-order chi connectivity index (χ0) is 15.4. The first-order valence-electron chi connectivity index (χ1n) is 5.59. The summed E-state index contributed by atoms with van der Waals surface area (Å²) in [6.45, 7) is 0. The molecule has 1 aromatic carbocycles. The van der Waals surface area contributed by atoms with E-state index in [1.54, 1.807) is 0 Å².